The van der Waals surface area contributed by atoms with E-state index in [0.717, 1.165) is 44.9 Å². The minimum atomic E-state index is -0.549. The molecule has 0 fully saturated rings. The first-order valence-electron chi connectivity index (χ1n) is 27.7. The van der Waals surface area contributed by atoms with Crippen molar-refractivity contribution < 1.29 is 14.7 Å². The van der Waals surface area contributed by atoms with Gasteiger partial charge in [-0.3, -0.25) is 9.59 Å². The van der Waals surface area contributed by atoms with Crippen LogP contribution in [0.1, 0.15) is 329 Å². The Bertz CT molecular complexity index is 837. The van der Waals surface area contributed by atoms with E-state index in [1.54, 1.807) is 0 Å². The number of hydrogen-bond donors (Lipinski definition) is 1. The van der Waals surface area contributed by atoms with E-state index in [9.17, 15) is 14.7 Å². The number of ketones is 1. The lowest BCUT2D eigenvalue weighted by Gasteiger charge is -2.21. The molecule has 3 unspecified atom stereocenters. The lowest BCUT2D eigenvalue weighted by Crippen LogP contribution is -2.18. The Balaban J connectivity index is 4.35. The number of rotatable bonds is 51. The molecule has 3 heteroatoms. The fourth-order valence-corrected chi connectivity index (χ4v) is 9.73. The van der Waals surface area contributed by atoms with Crippen molar-refractivity contribution in [2.45, 2.75) is 329 Å². The van der Waals surface area contributed by atoms with Gasteiger partial charge in [0, 0.05) is 12.3 Å². The van der Waals surface area contributed by atoms with Gasteiger partial charge in [0.05, 0.1) is 5.92 Å². The average molecular weight is 831 g/mol. The third kappa shape index (κ3) is 42.2. The number of carboxylic acid groups (broad SMARTS) is 1. The van der Waals surface area contributed by atoms with E-state index in [1.165, 1.54) is 257 Å². The van der Waals surface area contributed by atoms with Gasteiger partial charge in [0.1, 0.15) is 5.78 Å². The molecule has 0 aromatic carbocycles. The number of carbonyl (C=O) groups excluding carboxylic acids is 1. The van der Waals surface area contributed by atoms with Gasteiger partial charge >= 0.3 is 5.97 Å². The molecular formula is C56H110O3. The van der Waals surface area contributed by atoms with Gasteiger partial charge in [-0.2, -0.15) is 0 Å². The van der Waals surface area contributed by atoms with Crippen molar-refractivity contribution in [1.82, 2.24) is 0 Å². The van der Waals surface area contributed by atoms with Crippen LogP contribution >= 0.6 is 0 Å². The first-order valence-corrected chi connectivity index (χ1v) is 27.7. The standard InChI is InChI=1S/C56H110O3/c1-5-9-13-17-20-22-23-24-25-26-27-28-33-38-44-50-55(57)53(47-41-16-12-8-4)48-42-36-31-29-32-37-43-49-54(56(58)59)51-52(45-39-34-19-15-11-7-3)46-40-35-30-21-18-14-10-6-2/h52-54H,5-51H2,1-4H3,(H,58,59). The number of carboxylic acids is 1. The van der Waals surface area contributed by atoms with Crippen LogP contribution in [0, 0.1) is 17.8 Å². The summed E-state index contributed by atoms with van der Waals surface area (Å²) in [6.45, 7) is 9.14. The molecule has 0 aromatic heterocycles. The molecule has 0 aliphatic carbocycles. The summed E-state index contributed by atoms with van der Waals surface area (Å²) in [6, 6.07) is 0. The first kappa shape index (κ1) is 58.1. The lowest BCUT2D eigenvalue weighted by atomic mass is 9.84. The minimum Gasteiger partial charge on any atom is -0.481 e. The Morgan fingerprint density at radius 1 is 0.305 bits per heavy atom. The van der Waals surface area contributed by atoms with Crippen molar-refractivity contribution >= 4 is 11.8 Å². The van der Waals surface area contributed by atoms with E-state index in [1.807, 2.05) is 0 Å². The molecule has 3 nitrogen and oxygen atoms in total. The SMILES string of the molecule is CCCCCCCCCCCCCCCCCC(=O)C(CCCCCC)CCCCCCCCCC(CC(CCCCCCCC)CCCCCCCCCC)C(=O)O. The van der Waals surface area contributed by atoms with Crippen LogP contribution in [-0.4, -0.2) is 16.9 Å². The quantitative estimate of drug-likeness (QED) is 0.0621. The number of Topliss-reactive ketones (excluding diaryl/α,β-unsaturated/α-hetero) is 1. The molecule has 0 bridgehead atoms. The van der Waals surface area contributed by atoms with Crippen LogP contribution in [-0.2, 0) is 9.59 Å². The lowest BCUT2D eigenvalue weighted by molar-refractivity contribution is -0.142. The van der Waals surface area contributed by atoms with E-state index in [-0.39, 0.29) is 5.92 Å². The summed E-state index contributed by atoms with van der Waals surface area (Å²) in [5.74, 6) is 0.749. The summed E-state index contributed by atoms with van der Waals surface area (Å²) in [5, 5.41) is 10.2. The number of hydrogen-bond acceptors (Lipinski definition) is 2. The molecule has 0 aromatic rings. The van der Waals surface area contributed by atoms with Gasteiger partial charge in [-0.25, -0.2) is 0 Å². The normalized spacial score (nSPS) is 13.2. The Labute approximate surface area is 372 Å². The van der Waals surface area contributed by atoms with Crippen molar-refractivity contribution in [3.63, 3.8) is 0 Å². The van der Waals surface area contributed by atoms with Crippen LogP contribution in [0.15, 0.2) is 0 Å². The summed E-state index contributed by atoms with van der Waals surface area (Å²) in [7, 11) is 0. The minimum absolute atomic E-state index is 0.157. The Morgan fingerprint density at radius 2 is 0.542 bits per heavy atom. The second-order valence-electron chi connectivity index (χ2n) is 19.7. The molecule has 0 aliphatic rings. The Morgan fingerprint density at radius 3 is 0.847 bits per heavy atom. The molecule has 0 spiro atoms. The highest BCUT2D eigenvalue weighted by atomic mass is 16.4. The van der Waals surface area contributed by atoms with Crippen LogP contribution in [0.4, 0.5) is 0 Å². The van der Waals surface area contributed by atoms with E-state index in [4.69, 9.17) is 0 Å². The van der Waals surface area contributed by atoms with Gasteiger partial charge in [-0.15, -0.1) is 0 Å². The summed E-state index contributed by atoms with van der Waals surface area (Å²) < 4.78 is 0. The zero-order valence-corrected chi connectivity index (χ0v) is 41.2. The third-order valence-electron chi connectivity index (χ3n) is 13.9. The predicted molar refractivity (Wildman–Crippen MR) is 263 cm³/mol. The second-order valence-corrected chi connectivity index (χ2v) is 19.7. The van der Waals surface area contributed by atoms with Crippen LogP contribution < -0.4 is 0 Å². The summed E-state index contributed by atoms with van der Waals surface area (Å²) in [6.07, 6.45) is 60.0. The van der Waals surface area contributed by atoms with Gasteiger partial charge in [0.2, 0.25) is 0 Å². The number of unbranched alkanes of at least 4 members (excludes halogenated alkanes) is 35. The average Bonchev–Trinajstić information content (AvgIpc) is 3.23. The molecule has 352 valence electrons. The molecule has 0 rings (SSSR count). The van der Waals surface area contributed by atoms with E-state index in [0.29, 0.717) is 17.6 Å². The van der Waals surface area contributed by atoms with Gasteiger partial charge in [-0.1, -0.05) is 291 Å². The molecule has 59 heavy (non-hydrogen) atoms. The van der Waals surface area contributed by atoms with E-state index < -0.39 is 5.97 Å². The monoisotopic (exact) mass is 831 g/mol. The molecule has 0 aliphatic heterocycles. The zero-order chi connectivity index (χ0) is 43.1. The highest BCUT2D eigenvalue weighted by molar-refractivity contribution is 5.80. The maximum absolute atomic E-state index is 13.3. The molecule has 3 atom stereocenters. The van der Waals surface area contributed by atoms with Gasteiger partial charge in [-0.05, 0) is 38.0 Å². The maximum atomic E-state index is 13.3. The summed E-state index contributed by atoms with van der Waals surface area (Å²) in [4.78, 5) is 25.7. The van der Waals surface area contributed by atoms with Gasteiger partial charge < -0.3 is 5.11 Å². The van der Waals surface area contributed by atoms with Crippen molar-refractivity contribution in [2.24, 2.45) is 17.8 Å². The second kappa shape index (κ2) is 48.2. The molecule has 0 radical (unpaired) electrons. The topological polar surface area (TPSA) is 54.4 Å². The molecule has 0 saturated heterocycles. The zero-order valence-electron chi connectivity index (χ0n) is 41.2. The Hall–Kier alpha value is -0.860. The van der Waals surface area contributed by atoms with Crippen molar-refractivity contribution in [3.05, 3.63) is 0 Å². The van der Waals surface area contributed by atoms with Crippen LogP contribution in [0.3, 0.4) is 0 Å². The largest absolute Gasteiger partial charge is 0.481 e. The van der Waals surface area contributed by atoms with Crippen molar-refractivity contribution in [2.75, 3.05) is 0 Å². The fourth-order valence-electron chi connectivity index (χ4n) is 9.73. The van der Waals surface area contributed by atoms with E-state index >= 15 is 0 Å². The van der Waals surface area contributed by atoms with Crippen LogP contribution in [0.2, 0.25) is 0 Å². The highest BCUT2D eigenvalue weighted by Crippen LogP contribution is 2.29. The smallest absolute Gasteiger partial charge is 0.306 e. The van der Waals surface area contributed by atoms with Crippen molar-refractivity contribution in [1.29, 1.82) is 0 Å². The molecule has 1 N–H and O–H groups in total. The molecule has 0 heterocycles. The van der Waals surface area contributed by atoms with Crippen molar-refractivity contribution in [3.8, 4) is 0 Å². The Kier molecular flexibility index (Phi) is 47.5. The highest BCUT2D eigenvalue weighted by Gasteiger charge is 2.22. The maximum Gasteiger partial charge on any atom is 0.306 e. The number of carbonyl (C=O) groups is 2. The van der Waals surface area contributed by atoms with Crippen LogP contribution in [0.5, 0.6) is 0 Å². The van der Waals surface area contributed by atoms with Gasteiger partial charge in [0.25, 0.3) is 0 Å². The summed E-state index contributed by atoms with van der Waals surface area (Å²) in [5.41, 5.74) is 0. The summed E-state index contributed by atoms with van der Waals surface area (Å²) >= 11 is 0. The van der Waals surface area contributed by atoms with Gasteiger partial charge in [0.15, 0.2) is 0 Å². The van der Waals surface area contributed by atoms with Crippen LogP contribution in [0.25, 0.3) is 0 Å². The van der Waals surface area contributed by atoms with E-state index in [2.05, 4.69) is 27.7 Å². The molecule has 0 saturated carbocycles. The molecule has 0 amide bonds. The fraction of sp³-hybridized carbons (Fsp3) is 0.964. The third-order valence-corrected chi connectivity index (χ3v) is 13.9. The first-order chi connectivity index (χ1) is 29.0. The molecular weight excluding hydrogens is 721 g/mol. The number of aliphatic carboxylic acids is 1. The predicted octanol–water partition coefficient (Wildman–Crippen LogP) is 19.9.